The van der Waals surface area contributed by atoms with E-state index in [4.69, 9.17) is 5.73 Å². The monoisotopic (exact) mass is 501 g/mol. The standard InChI is InChI=1S/C25H36FN7OS/c1-24(14-28)5-3-8-32(16-24)10-7-25(15-31-35(2)34)6-4-9-33(17-25)23-20-11-19(13-27)21(26)12-22(20)29-18-30-23/h11-12,18,31H,3-10,14-17,28H2,1-2H3. The van der Waals surface area contributed by atoms with Gasteiger partial charge in [-0.1, -0.05) is 6.92 Å². The topological polar surface area (TPSA) is 117 Å². The van der Waals surface area contributed by atoms with Gasteiger partial charge in [0, 0.05) is 54.4 Å². The van der Waals surface area contributed by atoms with Crippen LogP contribution < -0.4 is 15.4 Å². The lowest BCUT2D eigenvalue weighted by Crippen LogP contribution is -2.52. The van der Waals surface area contributed by atoms with Crippen molar-refractivity contribution < 1.29 is 8.94 Å². The molecule has 0 bridgehead atoms. The summed E-state index contributed by atoms with van der Waals surface area (Å²) in [5, 5.41) is 10.0. The van der Waals surface area contributed by atoms with E-state index in [9.17, 15) is 14.2 Å². The van der Waals surface area contributed by atoms with Gasteiger partial charge in [0.05, 0.1) is 11.1 Å². The van der Waals surface area contributed by atoms with Crippen LogP contribution in [0.2, 0.25) is 0 Å². The van der Waals surface area contributed by atoms with Crippen molar-refractivity contribution in [1.29, 1.82) is 5.26 Å². The average molecular weight is 502 g/mol. The first-order chi connectivity index (χ1) is 16.8. The summed E-state index contributed by atoms with van der Waals surface area (Å²) in [7, 11) is 0. The predicted molar refractivity (Wildman–Crippen MR) is 138 cm³/mol. The SMILES string of the molecule is C[S+]([O-])NCC1(CCN2CCCC(C)(CN)C2)CCCN(c2ncnc3cc(F)c(C#N)cc23)C1. The van der Waals surface area contributed by atoms with Crippen molar-refractivity contribution in [1.82, 2.24) is 19.6 Å². The third-order valence-corrected chi connectivity index (χ3v) is 8.30. The number of nitriles is 1. The van der Waals surface area contributed by atoms with E-state index in [-0.39, 0.29) is 16.4 Å². The van der Waals surface area contributed by atoms with Crippen LogP contribution in [-0.2, 0) is 11.4 Å². The largest absolute Gasteiger partial charge is 0.598 e. The molecule has 0 spiro atoms. The number of rotatable bonds is 8. The van der Waals surface area contributed by atoms with Crippen molar-refractivity contribution in [2.75, 3.05) is 57.0 Å². The number of likely N-dealkylation sites (tertiary alicyclic amines) is 1. The van der Waals surface area contributed by atoms with Crippen LogP contribution in [0.25, 0.3) is 10.9 Å². The number of aromatic nitrogens is 2. The highest BCUT2D eigenvalue weighted by Crippen LogP contribution is 2.38. The first-order valence-electron chi connectivity index (χ1n) is 12.4. The lowest BCUT2D eigenvalue weighted by Gasteiger charge is -2.46. The number of hydrogen-bond acceptors (Lipinski definition) is 8. The Kier molecular flexibility index (Phi) is 8.13. The zero-order valence-electron chi connectivity index (χ0n) is 20.7. The van der Waals surface area contributed by atoms with E-state index in [1.807, 2.05) is 6.07 Å². The van der Waals surface area contributed by atoms with Gasteiger partial charge in [0.2, 0.25) is 0 Å². The molecule has 1 aromatic heterocycles. The summed E-state index contributed by atoms with van der Waals surface area (Å²) in [6.45, 7) is 8.24. The molecule has 2 aliphatic heterocycles. The van der Waals surface area contributed by atoms with E-state index in [1.165, 1.54) is 18.8 Å². The molecule has 3 atom stereocenters. The number of anilines is 1. The van der Waals surface area contributed by atoms with Crippen LogP contribution in [0.1, 0.15) is 44.6 Å². The number of nitrogens with zero attached hydrogens (tertiary/aromatic N) is 5. The maximum absolute atomic E-state index is 14.2. The molecule has 0 amide bonds. The molecule has 1 aromatic carbocycles. The van der Waals surface area contributed by atoms with E-state index in [0.717, 1.165) is 64.2 Å². The molecule has 2 saturated heterocycles. The zero-order chi connectivity index (χ0) is 25.1. The van der Waals surface area contributed by atoms with E-state index in [2.05, 4.69) is 31.4 Å². The highest BCUT2D eigenvalue weighted by Gasteiger charge is 2.38. The molecule has 8 nitrogen and oxygen atoms in total. The number of fused-ring (bicyclic) bond motifs is 1. The Labute approximate surface area is 210 Å². The Morgan fingerprint density at radius 3 is 2.80 bits per heavy atom. The van der Waals surface area contributed by atoms with Crippen LogP contribution in [0.5, 0.6) is 0 Å². The fraction of sp³-hybridized carbons (Fsp3) is 0.640. The number of halogens is 1. The number of nitrogens with one attached hydrogen (secondary N) is 1. The van der Waals surface area contributed by atoms with Crippen LogP contribution in [0, 0.1) is 28.0 Å². The summed E-state index contributed by atoms with van der Waals surface area (Å²) >= 11 is -1.10. The minimum Gasteiger partial charge on any atom is -0.598 e. The molecule has 0 saturated carbocycles. The second-order valence-electron chi connectivity index (χ2n) is 10.6. The highest BCUT2D eigenvalue weighted by atomic mass is 32.2. The van der Waals surface area contributed by atoms with Gasteiger partial charge >= 0.3 is 0 Å². The molecular weight excluding hydrogens is 465 g/mol. The average Bonchev–Trinajstić information content (AvgIpc) is 2.86. The van der Waals surface area contributed by atoms with Crippen LogP contribution in [-0.4, -0.2) is 71.5 Å². The summed E-state index contributed by atoms with van der Waals surface area (Å²) in [5.41, 5.74) is 6.63. The van der Waals surface area contributed by atoms with Gasteiger partial charge in [0.25, 0.3) is 0 Å². The second kappa shape index (κ2) is 10.9. The molecule has 10 heteroatoms. The van der Waals surface area contributed by atoms with Gasteiger partial charge in [-0.25, -0.2) is 14.4 Å². The van der Waals surface area contributed by atoms with Crippen LogP contribution >= 0.6 is 0 Å². The van der Waals surface area contributed by atoms with Gasteiger partial charge in [-0.3, -0.25) is 0 Å². The number of benzene rings is 1. The van der Waals surface area contributed by atoms with E-state index < -0.39 is 17.2 Å². The highest BCUT2D eigenvalue weighted by molar-refractivity contribution is 7.88. The Bertz CT molecular complexity index is 1080. The van der Waals surface area contributed by atoms with Crippen molar-refractivity contribution in [3.05, 3.63) is 29.8 Å². The third kappa shape index (κ3) is 6.04. The second-order valence-corrected chi connectivity index (χ2v) is 11.8. The predicted octanol–water partition coefficient (Wildman–Crippen LogP) is 2.56. The van der Waals surface area contributed by atoms with E-state index in [0.29, 0.717) is 24.0 Å². The summed E-state index contributed by atoms with van der Waals surface area (Å²) in [6.07, 6.45) is 8.42. The van der Waals surface area contributed by atoms with Gasteiger partial charge in [0.15, 0.2) is 0 Å². The molecule has 190 valence electrons. The Morgan fingerprint density at radius 2 is 2.06 bits per heavy atom. The fourth-order valence-corrected chi connectivity index (χ4v) is 6.17. The molecule has 0 aliphatic carbocycles. The zero-order valence-corrected chi connectivity index (χ0v) is 21.5. The van der Waals surface area contributed by atoms with E-state index in [1.54, 1.807) is 12.3 Å². The van der Waals surface area contributed by atoms with E-state index >= 15 is 0 Å². The molecular formula is C25H36FN7OS. The number of hydrogen-bond donors (Lipinski definition) is 2. The van der Waals surface area contributed by atoms with Crippen molar-refractivity contribution in [3.63, 3.8) is 0 Å². The Balaban J connectivity index is 1.58. The molecule has 2 aromatic rings. The maximum atomic E-state index is 14.2. The van der Waals surface area contributed by atoms with Crippen LogP contribution in [0.4, 0.5) is 10.2 Å². The third-order valence-electron chi connectivity index (χ3n) is 7.75. The molecule has 4 rings (SSSR count). The normalized spacial score (nSPS) is 26.6. The van der Waals surface area contributed by atoms with Crippen LogP contribution in [0.3, 0.4) is 0 Å². The Hall–Kier alpha value is -2.03. The first kappa shape index (κ1) is 26.0. The fourth-order valence-electron chi connectivity index (χ4n) is 5.66. The van der Waals surface area contributed by atoms with Crippen molar-refractivity contribution in [2.45, 2.75) is 39.0 Å². The van der Waals surface area contributed by atoms with Crippen molar-refractivity contribution >= 4 is 28.1 Å². The lowest BCUT2D eigenvalue weighted by atomic mass is 9.76. The summed E-state index contributed by atoms with van der Waals surface area (Å²) in [6, 6.07) is 4.79. The minimum atomic E-state index is -1.10. The number of nitrogens with two attached hydrogens (primary N) is 1. The lowest BCUT2D eigenvalue weighted by molar-refractivity contribution is 0.0878. The molecule has 3 heterocycles. The van der Waals surface area contributed by atoms with Gasteiger partial charge in [-0.05, 0) is 63.2 Å². The first-order valence-corrected chi connectivity index (χ1v) is 13.9. The Morgan fingerprint density at radius 1 is 1.26 bits per heavy atom. The summed E-state index contributed by atoms with van der Waals surface area (Å²) in [4.78, 5) is 13.5. The summed E-state index contributed by atoms with van der Waals surface area (Å²) in [5.74, 6) is 0.153. The minimum absolute atomic E-state index is 0.00656. The van der Waals surface area contributed by atoms with Gasteiger partial charge in [-0.15, -0.1) is 4.72 Å². The molecule has 2 fully saturated rings. The summed E-state index contributed by atoms with van der Waals surface area (Å²) < 4.78 is 29.4. The molecule has 0 radical (unpaired) electrons. The van der Waals surface area contributed by atoms with Gasteiger partial charge < -0.3 is 20.1 Å². The van der Waals surface area contributed by atoms with Crippen molar-refractivity contribution in [2.24, 2.45) is 16.6 Å². The smallest absolute Gasteiger partial charge is 0.143 e. The molecule has 2 aliphatic rings. The molecule has 35 heavy (non-hydrogen) atoms. The van der Waals surface area contributed by atoms with Crippen molar-refractivity contribution in [3.8, 4) is 6.07 Å². The van der Waals surface area contributed by atoms with Gasteiger partial charge in [-0.2, -0.15) is 5.26 Å². The maximum Gasteiger partial charge on any atom is 0.143 e. The quantitative estimate of drug-likeness (QED) is 0.530. The molecule has 3 N–H and O–H groups in total. The van der Waals surface area contributed by atoms with Gasteiger partial charge in [0.1, 0.15) is 30.3 Å². The molecule has 3 unspecified atom stereocenters. The van der Waals surface area contributed by atoms with Crippen LogP contribution in [0.15, 0.2) is 18.5 Å². The number of piperidine rings is 2.